The summed E-state index contributed by atoms with van der Waals surface area (Å²) in [5.74, 6) is 1.50. The fourth-order valence-electron chi connectivity index (χ4n) is 2.75. The molecule has 0 radical (unpaired) electrons. The van der Waals surface area contributed by atoms with E-state index in [-0.39, 0.29) is 5.91 Å². The van der Waals surface area contributed by atoms with E-state index in [0.29, 0.717) is 34.1 Å². The summed E-state index contributed by atoms with van der Waals surface area (Å²) in [7, 11) is 4.69. The highest BCUT2D eigenvalue weighted by molar-refractivity contribution is 6.32. The van der Waals surface area contributed by atoms with E-state index in [9.17, 15) is 4.79 Å². The minimum Gasteiger partial charge on any atom is -0.496 e. The van der Waals surface area contributed by atoms with Gasteiger partial charge in [-0.15, -0.1) is 0 Å². The van der Waals surface area contributed by atoms with Gasteiger partial charge in [0.15, 0.2) is 11.5 Å². The number of carbonyl (C=O) groups excluding carboxylic acids is 1. The van der Waals surface area contributed by atoms with Crippen molar-refractivity contribution in [2.75, 3.05) is 26.3 Å². The summed E-state index contributed by atoms with van der Waals surface area (Å²) in [6.07, 6.45) is 1.75. The van der Waals surface area contributed by atoms with Gasteiger partial charge in [-0.05, 0) is 31.2 Å². The zero-order chi connectivity index (χ0) is 18.7. The Kier molecular flexibility index (Phi) is 4.93. The highest BCUT2D eigenvalue weighted by Crippen LogP contribution is 2.36. The van der Waals surface area contributed by atoms with E-state index < -0.39 is 0 Å². The van der Waals surface area contributed by atoms with Gasteiger partial charge in [0.2, 0.25) is 0 Å². The molecule has 0 atom stereocenters. The van der Waals surface area contributed by atoms with Crippen molar-refractivity contribution < 1.29 is 19.0 Å². The number of hydrazone groups is 1. The first kappa shape index (κ1) is 17.5. The van der Waals surface area contributed by atoms with Gasteiger partial charge in [-0.25, -0.2) is 0 Å². The Labute approximate surface area is 152 Å². The molecule has 0 N–H and O–H groups in total. The molecule has 1 aliphatic rings. The molecule has 26 heavy (non-hydrogen) atoms. The Bertz CT molecular complexity index is 888. The molecular formula is C20H20N2O4. The summed E-state index contributed by atoms with van der Waals surface area (Å²) >= 11 is 0. The quantitative estimate of drug-likeness (QED) is 0.773. The van der Waals surface area contributed by atoms with Crippen LogP contribution < -0.4 is 19.2 Å². The first-order valence-corrected chi connectivity index (χ1v) is 8.05. The molecule has 0 unspecified atom stereocenters. The van der Waals surface area contributed by atoms with Gasteiger partial charge >= 0.3 is 0 Å². The topological polar surface area (TPSA) is 60.4 Å². The van der Waals surface area contributed by atoms with Gasteiger partial charge in [-0.3, -0.25) is 4.79 Å². The molecule has 1 amide bonds. The number of carbonyl (C=O) groups is 1. The number of anilines is 1. The molecule has 6 heteroatoms. The molecule has 2 aromatic carbocycles. The number of hydrogen-bond acceptors (Lipinski definition) is 5. The van der Waals surface area contributed by atoms with Crippen molar-refractivity contribution in [3.63, 3.8) is 0 Å². The lowest BCUT2D eigenvalue weighted by molar-refractivity contribution is -0.114. The van der Waals surface area contributed by atoms with E-state index in [2.05, 4.69) is 5.10 Å². The number of para-hydroxylation sites is 1. The van der Waals surface area contributed by atoms with Gasteiger partial charge in [-0.1, -0.05) is 18.2 Å². The molecule has 3 rings (SSSR count). The van der Waals surface area contributed by atoms with Gasteiger partial charge < -0.3 is 14.2 Å². The van der Waals surface area contributed by atoms with Crippen LogP contribution in [0.2, 0.25) is 0 Å². The second-order valence-electron chi connectivity index (χ2n) is 5.65. The van der Waals surface area contributed by atoms with Crippen molar-refractivity contribution in [1.29, 1.82) is 0 Å². The van der Waals surface area contributed by atoms with Crippen LogP contribution >= 0.6 is 0 Å². The van der Waals surface area contributed by atoms with E-state index in [1.54, 1.807) is 46.5 Å². The zero-order valence-corrected chi connectivity index (χ0v) is 15.1. The fraction of sp³-hybridized carbons (Fsp3) is 0.200. The predicted molar refractivity (Wildman–Crippen MR) is 101 cm³/mol. The smallest absolute Gasteiger partial charge is 0.280 e. The van der Waals surface area contributed by atoms with Crippen molar-refractivity contribution in [1.82, 2.24) is 0 Å². The molecule has 0 saturated heterocycles. The Morgan fingerprint density at radius 3 is 2.15 bits per heavy atom. The minimum absolute atomic E-state index is 0.189. The molecule has 2 aromatic rings. The Morgan fingerprint density at radius 2 is 1.54 bits per heavy atom. The van der Waals surface area contributed by atoms with Crippen LogP contribution in [-0.2, 0) is 4.79 Å². The van der Waals surface area contributed by atoms with Gasteiger partial charge in [0.05, 0.1) is 38.3 Å². The number of nitrogens with zero attached hydrogens (tertiary/aromatic N) is 2. The van der Waals surface area contributed by atoms with Crippen LogP contribution in [0.15, 0.2) is 53.1 Å². The van der Waals surface area contributed by atoms with Crippen LogP contribution in [0.3, 0.4) is 0 Å². The lowest BCUT2D eigenvalue weighted by atomic mass is 10.1. The first-order valence-electron chi connectivity index (χ1n) is 8.05. The Hall–Kier alpha value is -3.28. The third-order valence-electron chi connectivity index (χ3n) is 4.10. The van der Waals surface area contributed by atoms with Crippen LogP contribution in [-0.4, -0.2) is 32.9 Å². The molecule has 134 valence electrons. The van der Waals surface area contributed by atoms with Gasteiger partial charge in [-0.2, -0.15) is 10.1 Å². The standard InChI is InChI=1S/C20H20N2O4/c1-13-16(20(23)22(21-13)15-8-6-5-7-9-15)10-14-11-18(25-3)19(26-4)12-17(14)24-2/h5-12H,1-4H3/b16-10+. The average molecular weight is 352 g/mol. The van der Waals surface area contributed by atoms with Crippen molar-refractivity contribution in [2.45, 2.75) is 6.92 Å². The zero-order valence-electron chi connectivity index (χ0n) is 15.1. The monoisotopic (exact) mass is 352 g/mol. The van der Waals surface area contributed by atoms with E-state index in [4.69, 9.17) is 14.2 Å². The highest BCUT2D eigenvalue weighted by Gasteiger charge is 2.29. The SMILES string of the molecule is COc1cc(OC)c(OC)cc1/C=C1/C(=O)N(c2ccccc2)N=C1C. The second kappa shape index (κ2) is 7.31. The molecule has 0 fully saturated rings. The normalized spacial score (nSPS) is 15.2. The molecule has 0 bridgehead atoms. The largest absolute Gasteiger partial charge is 0.496 e. The van der Waals surface area contributed by atoms with E-state index >= 15 is 0 Å². The van der Waals surface area contributed by atoms with E-state index in [1.165, 1.54) is 5.01 Å². The maximum atomic E-state index is 12.8. The third-order valence-corrected chi connectivity index (χ3v) is 4.10. The Morgan fingerprint density at radius 1 is 0.923 bits per heavy atom. The summed E-state index contributed by atoms with van der Waals surface area (Å²) < 4.78 is 16.1. The van der Waals surface area contributed by atoms with Crippen LogP contribution in [0, 0.1) is 0 Å². The molecule has 1 heterocycles. The van der Waals surface area contributed by atoms with Crippen molar-refractivity contribution >= 4 is 23.4 Å². The van der Waals surface area contributed by atoms with Crippen molar-refractivity contribution in [3.05, 3.63) is 53.6 Å². The predicted octanol–water partition coefficient (Wildman–Crippen LogP) is 3.52. The lowest BCUT2D eigenvalue weighted by Gasteiger charge is -2.13. The number of amides is 1. The molecule has 1 aliphatic heterocycles. The molecule has 0 aromatic heterocycles. The maximum absolute atomic E-state index is 12.8. The number of ether oxygens (including phenoxy) is 3. The number of benzene rings is 2. The van der Waals surface area contributed by atoms with Crippen LogP contribution in [0.1, 0.15) is 12.5 Å². The van der Waals surface area contributed by atoms with Crippen LogP contribution in [0.5, 0.6) is 17.2 Å². The summed E-state index contributed by atoms with van der Waals surface area (Å²) in [5.41, 5.74) is 2.56. The molecule has 0 spiro atoms. The van der Waals surface area contributed by atoms with Gasteiger partial charge in [0, 0.05) is 11.6 Å². The summed E-state index contributed by atoms with van der Waals surface area (Å²) in [6, 6.07) is 12.8. The van der Waals surface area contributed by atoms with Gasteiger partial charge in [0.25, 0.3) is 5.91 Å². The van der Waals surface area contributed by atoms with Crippen molar-refractivity contribution in [3.8, 4) is 17.2 Å². The van der Waals surface area contributed by atoms with E-state index in [1.807, 2.05) is 30.3 Å². The number of hydrogen-bond donors (Lipinski definition) is 0. The summed E-state index contributed by atoms with van der Waals surface area (Å²) in [5, 5.41) is 5.78. The fourth-order valence-corrected chi connectivity index (χ4v) is 2.75. The molecule has 0 aliphatic carbocycles. The highest BCUT2D eigenvalue weighted by atomic mass is 16.5. The number of methoxy groups -OCH3 is 3. The van der Waals surface area contributed by atoms with Crippen LogP contribution in [0.4, 0.5) is 5.69 Å². The summed E-state index contributed by atoms with van der Waals surface area (Å²) in [4.78, 5) is 12.8. The summed E-state index contributed by atoms with van der Waals surface area (Å²) in [6.45, 7) is 1.81. The first-order chi connectivity index (χ1) is 12.6. The molecule has 6 nitrogen and oxygen atoms in total. The third kappa shape index (κ3) is 3.13. The average Bonchev–Trinajstić information content (AvgIpc) is 2.96. The second-order valence-corrected chi connectivity index (χ2v) is 5.65. The van der Waals surface area contributed by atoms with Gasteiger partial charge in [0.1, 0.15) is 5.75 Å². The maximum Gasteiger partial charge on any atom is 0.280 e. The lowest BCUT2D eigenvalue weighted by Crippen LogP contribution is -2.21. The number of rotatable bonds is 5. The molecular weight excluding hydrogens is 332 g/mol. The minimum atomic E-state index is -0.189. The van der Waals surface area contributed by atoms with Crippen LogP contribution in [0.25, 0.3) is 6.08 Å². The molecule has 0 saturated carbocycles. The Balaban J connectivity index is 2.03. The van der Waals surface area contributed by atoms with Crippen molar-refractivity contribution in [2.24, 2.45) is 5.10 Å². The van der Waals surface area contributed by atoms with E-state index in [0.717, 1.165) is 5.69 Å².